The number of hydrogen-bond acceptors (Lipinski definition) is 2. The van der Waals surface area contributed by atoms with Crippen LogP contribution in [-0.2, 0) is 4.12 Å². The lowest BCUT2D eigenvalue weighted by Crippen LogP contribution is -2.60. The van der Waals surface area contributed by atoms with Crippen molar-refractivity contribution >= 4 is 27.7 Å². The van der Waals surface area contributed by atoms with Crippen molar-refractivity contribution in [1.29, 1.82) is 0 Å². The second-order valence-electron chi connectivity index (χ2n) is 5.25. The molecule has 1 unspecified atom stereocenters. The highest BCUT2D eigenvalue weighted by molar-refractivity contribution is 6.99. The van der Waals surface area contributed by atoms with E-state index in [1.54, 1.807) is 0 Å². The summed E-state index contributed by atoms with van der Waals surface area (Å²) in [5, 5.41) is 2.63. The predicted molar refractivity (Wildman–Crippen MR) is 96.1 cm³/mol. The van der Waals surface area contributed by atoms with Crippen LogP contribution in [-0.4, -0.2) is 23.9 Å². The van der Waals surface area contributed by atoms with Crippen molar-refractivity contribution in [3.05, 3.63) is 72.4 Å². The van der Waals surface area contributed by atoms with Crippen molar-refractivity contribution in [1.82, 2.24) is 0 Å². The van der Waals surface area contributed by atoms with E-state index in [9.17, 15) is 0 Å². The molecular weight excluding hydrogens is 290 g/mol. The van der Waals surface area contributed by atoms with Gasteiger partial charge in [-0.2, -0.15) is 0 Å². The summed E-state index contributed by atoms with van der Waals surface area (Å²) in [5.74, 6) is 0. The Kier molecular flexibility index (Phi) is 5.70. The second kappa shape index (κ2) is 7.52. The summed E-state index contributed by atoms with van der Waals surface area (Å²) in [4.78, 5) is 0. The van der Waals surface area contributed by atoms with Crippen LogP contribution in [0.25, 0.3) is 0 Å². The first kappa shape index (κ1) is 15.9. The van der Waals surface area contributed by atoms with E-state index in [-0.39, 0.29) is 0 Å². The fraction of sp³-hybridized carbons (Fsp3) is 0.176. The molecule has 21 heavy (non-hydrogen) atoms. The van der Waals surface area contributed by atoms with Gasteiger partial charge in [-0.05, 0) is 23.5 Å². The van der Waals surface area contributed by atoms with Crippen LogP contribution in [0.4, 0.5) is 0 Å². The molecule has 0 saturated heterocycles. The van der Waals surface area contributed by atoms with Crippen LogP contribution < -0.4 is 16.1 Å². The lowest BCUT2D eigenvalue weighted by atomic mass is 10.4. The first-order chi connectivity index (χ1) is 10.2. The van der Waals surface area contributed by atoms with Gasteiger partial charge in [0.25, 0.3) is 0 Å². The lowest BCUT2D eigenvalue weighted by molar-refractivity contribution is 0.602. The minimum absolute atomic E-state index is 0.579. The van der Waals surface area contributed by atoms with E-state index in [0.29, 0.717) is 6.54 Å². The molecule has 2 aromatic carbocycles. The van der Waals surface area contributed by atoms with Crippen LogP contribution >= 0.6 is 0 Å². The number of nitrogens with two attached hydrogens (primary N) is 1. The Morgan fingerprint density at radius 2 is 1.48 bits per heavy atom. The maximum Gasteiger partial charge on any atom is 0.241 e. The van der Waals surface area contributed by atoms with Gasteiger partial charge in [0.15, 0.2) is 9.04 Å². The van der Waals surface area contributed by atoms with Crippen molar-refractivity contribution < 1.29 is 4.12 Å². The minimum Gasteiger partial charge on any atom is -0.448 e. The Morgan fingerprint density at radius 1 is 1.00 bits per heavy atom. The normalized spacial score (nSPS) is 13.5. The molecule has 110 valence electrons. The topological polar surface area (TPSA) is 35.2 Å². The zero-order valence-corrected chi connectivity index (χ0v) is 14.9. The molecule has 0 radical (unpaired) electrons. The van der Waals surface area contributed by atoms with E-state index in [1.165, 1.54) is 10.4 Å². The standard InChI is InChI=1S/C17H23NOSi2/c1-20(15-9-14-18)19-21(2,16-10-5-3-6-11-16)17-12-7-4-8-13-17/h3-13,15,20H,14,18H2,1-2H3. The van der Waals surface area contributed by atoms with Gasteiger partial charge in [-0.25, -0.2) is 0 Å². The molecule has 0 saturated carbocycles. The minimum atomic E-state index is -2.15. The van der Waals surface area contributed by atoms with Gasteiger partial charge < -0.3 is 9.85 Å². The third-order valence-corrected chi connectivity index (χ3v) is 10.7. The molecule has 2 aromatic rings. The molecule has 0 heterocycles. The molecule has 0 aliphatic heterocycles. The summed E-state index contributed by atoms with van der Waals surface area (Å²) >= 11 is 0. The summed E-state index contributed by atoms with van der Waals surface area (Å²) < 4.78 is 6.65. The molecule has 0 aromatic heterocycles. The third kappa shape index (κ3) is 4.01. The molecule has 0 spiro atoms. The van der Waals surface area contributed by atoms with Crippen LogP contribution in [0.5, 0.6) is 0 Å². The van der Waals surface area contributed by atoms with Crippen molar-refractivity contribution in [2.24, 2.45) is 5.73 Å². The second-order valence-corrected chi connectivity index (χ2v) is 11.2. The highest BCUT2D eigenvalue weighted by atomic mass is 28.4. The van der Waals surface area contributed by atoms with Gasteiger partial charge >= 0.3 is 0 Å². The zero-order valence-electron chi connectivity index (χ0n) is 12.7. The van der Waals surface area contributed by atoms with Gasteiger partial charge in [0.1, 0.15) is 0 Å². The van der Waals surface area contributed by atoms with Crippen LogP contribution in [0.15, 0.2) is 72.4 Å². The quantitative estimate of drug-likeness (QED) is 0.826. The molecule has 1 atom stereocenters. The fourth-order valence-electron chi connectivity index (χ4n) is 2.50. The molecule has 2 nitrogen and oxygen atoms in total. The molecule has 4 heteroatoms. The largest absolute Gasteiger partial charge is 0.448 e. The summed E-state index contributed by atoms with van der Waals surface area (Å²) in [6.07, 6.45) is 2.02. The Balaban J connectivity index is 2.38. The van der Waals surface area contributed by atoms with Crippen LogP contribution in [0.2, 0.25) is 13.1 Å². The summed E-state index contributed by atoms with van der Waals surface area (Å²) in [7, 11) is -3.53. The van der Waals surface area contributed by atoms with Gasteiger partial charge in [0.2, 0.25) is 8.32 Å². The van der Waals surface area contributed by atoms with Crippen molar-refractivity contribution in [2.45, 2.75) is 13.1 Å². The Bertz CT molecular complexity index is 532. The third-order valence-electron chi connectivity index (χ3n) is 3.61. The first-order valence-electron chi connectivity index (χ1n) is 7.32. The molecule has 0 aliphatic carbocycles. The van der Waals surface area contributed by atoms with E-state index in [4.69, 9.17) is 9.85 Å². The number of rotatable bonds is 6. The van der Waals surface area contributed by atoms with E-state index in [1.807, 2.05) is 6.08 Å². The monoisotopic (exact) mass is 313 g/mol. The Labute approximate surface area is 130 Å². The summed E-state index contributed by atoms with van der Waals surface area (Å²) in [5.41, 5.74) is 7.73. The van der Waals surface area contributed by atoms with Gasteiger partial charge in [-0.15, -0.1) is 0 Å². The average molecular weight is 314 g/mol. The zero-order chi connectivity index (χ0) is 15.1. The molecule has 0 aliphatic rings. The van der Waals surface area contributed by atoms with Crippen molar-refractivity contribution in [3.8, 4) is 0 Å². The molecule has 0 fully saturated rings. The predicted octanol–water partition coefficient (Wildman–Crippen LogP) is 1.80. The van der Waals surface area contributed by atoms with Crippen LogP contribution in [0.1, 0.15) is 0 Å². The van der Waals surface area contributed by atoms with Crippen LogP contribution in [0.3, 0.4) is 0 Å². The molecule has 2 N–H and O–H groups in total. The summed E-state index contributed by atoms with van der Waals surface area (Å²) in [6.45, 7) is 5.08. The Hall–Kier alpha value is -1.47. The number of benzene rings is 2. The van der Waals surface area contributed by atoms with Crippen molar-refractivity contribution in [2.75, 3.05) is 6.54 Å². The lowest BCUT2D eigenvalue weighted by Gasteiger charge is -2.31. The van der Waals surface area contributed by atoms with E-state index >= 15 is 0 Å². The summed E-state index contributed by atoms with van der Waals surface area (Å²) in [6, 6.07) is 21.2. The molecule has 2 rings (SSSR count). The molecule has 0 bridgehead atoms. The Morgan fingerprint density at radius 3 is 1.90 bits per heavy atom. The van der Waals surface area contributed by atoms with Gasteiger partial charge in [-0.1, -0.05) is 72.4 Å². The van der Waals surface area contributed by atoms with Crippen molar-refractivity contribution in [3.63, 3.8) is 0 Å². The highest BCUT2D eigenvalue weighted by Crippen LogP contribution is 2.09. The van der Waals surface area contributed by atoms with Crippen LogP contribution in [0, 0.1) is 0 Å². The van der Waals surface area contributed by atoms with E-state index in [2.05, 4.69) is 79.5 Å². The fourth-order valence-corrected chi connectivity index (χ4v) is 9.40. The van der Waals surface area contributed by atoms with E-state index < -0.39 is 17.4 Å². The van der Waals surface area contributed by atoms with Gasteiger partial charge in [-0.3, -0.25) is 0 Å². The SMILES string of the molecule is C[SiH](C=CCN)O[Si](C)(c1ccccc1)c1ccccc1. The maximum absolute atomic E-state index is 6.65. The average Bonchev–Trinajstić information content (AvgIpc) is 2.54. The van der Waals surface area contributed by atoms with Gasteiger partial charge in [0.05, 0.1) is 0 Å². The maximum atomic E-state index is 6.65. The highest BCUT2D eigenvalue weighted by Gasteiger charge is 2.34. The smallest absolute Gasteiger partial charge is 0.241 e. The first-order valence-corrected chi connectivity index (χ1v) is 12.0. The molecule has 0 amide bonds. The number of hydrogen-bond donors (Lipinski definition) is 1. The van der Waals surface area contributed by atoms with Gasteiger partial charge in [0, 0.05) is 6.54 Å². The molecular formula is C17H23NOSi2. The van der Waals surface area contributed by atoms with E-state index in [0.717, 1.165) is 0 Å².